The van der Waals surface area contributed by atoms with E-state index in [4.69, 9.17) is 0 Å². The summed E-state index contributed by atoms with van der Waals surface area (Å²) in [6, 6.07) is 22.7. The van der Waals surface area contributed by atoms with Crippen LogP contribution in [0.2, 0.25) is 0 Å². The number of amides is 1. The van der Waals surface area contributed by atoms with Crippen molar-refractivity contribution in [2.45, 2.75) is 18.5 Å². The normalized spacial score (nSPS) is 16.9. The van der Waals surface area contributed by atoms with Crippen molar-refractivity contribution in [3.05, 3.63) is 101 Å². The molecule has 1 unspecified atom stereocenters. The lowest BCUT2D eigenvalue weighted by Gasteiger charge is -2.45. The van der Waals surface area contributed by atoms with Gasteiger partial charge in [-0.15, -0.1) is 11.3 Å². The third kappa shape index (κ3) is 4.32. The van der Waals surface area contributed by atoms with Gasteiger partial charge in [0.15, 0.2) is 0 Å². The fourth-order valence-corrected chi connectivity index (χ4v) is 5.57. The number of benzene rings is 2. The minimum atomic E-state index is -0.0692. The molecule has 0 radical (unpaired) electrons. The standard InChI is InChI=1S/C27H25N3O2S/c31-15-11-22-19-29(27(32)24-17-28-18-25-23(24)12-16-33-25)13-14-30(22)26(20-7-3-1-4-8-20)21-9-5-2-6-10-21/h1-10,12,15-18,22,26H,11,13-14,19H2. The molecule has 4 aromatic rings. The van der Waals surface area contributed by atoms with Crippen molar-refractivity contribution in [3.8, 4) is 0 Å². The molecule has 2 aromatic heterocycles. The van der Waals surface area contributed by atoms with Gasteiger partial charge in [0.25, 0.3) is 5.91 Å². The molecular weight excluding hydrogens is 430 g/mol. The second kappa shape index (κ2) is 9.65. The van der Waals surface area contributed by atoms with E-state index in [9.17, 15) is 9.59 Å². The average molecular weight is 456 g/mol. The van der Waals surface area contributed by atoms with Crippen LogP contribution in [0.4, 0.5) is 0 Å². The van der Waals surface area contributed by atoms with Crippen LogP contribution >= 0.6 is 11.3 Å². The fraction of sp³-hybridized carbons (Fsp3) is 0.222. The van der Waals surface area contributed by atoms with Crippen LogP contribution in [-0.2, 0) is 4.79 Å². The third-order valence-corrected chi connectivity index (χ3v) is 7.21. The number of carbonyl (C=O) groups excluding carboxylic acids is 2. The van der Waals surface area contributed by atoms with Gasteiger partial charge in [-0.2, -0.15) is 0 Å². The van der Waals surface area contributed by atoms with Gasteiger partial charge in [0, 0.05) is 49.9 Å². The van der Waals surface area contributed by atoms with Crippen molar-refractivity contribution in [1.29, 1.82) is 0 Å². The summed E-state index contributed by atoms with van der Waals surface area (Å²) in [6.45, 7) is 1.80. The van der Waals surface area contributed by atoms with Gasteiger partial charge < -0.3 is 9.69 Å². The lowest BCUT2D eigenvalue weighted by molar-refractivity contribution is -0.109. The van der Waals surface area contributed by atoms with Crippen LogP contribution in [0.5, 0.6) is 0 Å². The molecule has 5 nitrogen and oxygen atoms in total. The van der Waals surface area contributed by atoms with Gasteiger partial charge >= 0.3 is 0 Å². The van der Waals surface area contributed by atoms with Crippen LogP contribution in [0.25, 0.3) is 10.1 Å². The van der Waals surface area contributed by atoms with Crippen LogP contribution in [0.15, 0.2) is 84.5 Å². The van der Waals surface area contributed by atoms with Crippen LogP contribution in [0.3, 0.4) is 0 Å². The Kier molecular flexibility index (Phi) is 6.28. The number of pyridine rings is 1. The monoisotopic (exact) mass is 455 g/mol. The number of hydrogen-bond acceptors (Lipinski definition) is 5. The Balaban J connectivity index is 1.45. The number of hydrogen-bond donors (Lipinski definition) is 0. The highest BCUT2D eigenvalue weighted by Crippen LogP contribution is 2.33. The Labute approximate surface area is 197 Å². The first-order valence-corrected chi connectivity index (χ1v) is 12.0. The predicted molar refractivity (Wildman–Crippen MR) is 131 cm³/mol. The molecule has 5 rings (SSSR count). The molecule has 1 fully saturated rings. The van der Waals surface area contributed by atoms with Gasteiger partial charge in [-0.05, 0) is 22.6 Å². The minimum absolute atomic E-state index is 0.0157. The van der Waals surface area contributed by atoms with Gasteiger partial charge in [-0.25, -0.2) is 0 Å². The van der Waals surface area contributed by atoms with E-state index in [1.165, 1.54) is 11.1 Å². The van der Waals surface area contributed by atoms with E-state index in [-0.39, 0.29) is 18.0 Å². The van der Waals surface area contributed by atoms with Gasteiger partial charge in [0.05, 0.1) is 16.3 Å². The first kappa shape index (κ1) is 21.5. The maximum Gasteiger partial charge on any atom is 0.256 e. The van der Waals surface area contributed by atoms with Gasteiger partial charge in [0.1, 0.15) is 6.29 Å². The largest absolute Gasteiger partial charge is 0.336 e. The molecule has 1 amide bonds. The first-order chi connectivity index (χ1) is 16.3. The Morgan fingerprint density at radius 1 is 1.00 bits per heavy atom. The summed E-state index contributed by atoms with van der Waals surface area (Å²) in [5.41, 5.74) is 3.01. The average Bonchev–Trinajstić information content (AvgIpc) is 3.35. The minimum Gasteiger partial charge on any atom is -0.336 e. The predicted octanol–water partition coefficient (Wildman–Crippen LogP) is 4.80. The molecule has 3 heterocycles. The number of aldehydes is 1. The number of nitrogens with zero attached hydrogens (tertiary/aromatic N) is 3. The first-order valence-electron chi connectivity index (χ1n) is 11.2. The van der Waals surface area contributed by atoms with Crippen LogP contribution < -0.4 is 0 Å². The highest BCUT2D eigenvalue weighted by molar-refractivity contribution is 7.17. The summed E-state index contributed by atoms with van der Waals surface area (Å²) in [6.07, 6.45) is 4.81. The molecular formula is C27H25N3O2S. The Hall–Kier alpha value is -3.35. The van der Waals surface area contributed by atoms with Crippen molar-refractivity contribution < 1.29 is 9.59 Å². The van der Waals surface area contributed by atoms with Gasteiger partial charge in [-0.3, -0.25) is 14.7 Å². The van der Waals surface area contributed by atoms with Crippen molar-refractivity contribution in [3.63, 3.8) is 0 Å². The maximum atomic E-state index is 13.5. The van der Waals surface area contributed by atoms with Gasteiger partial charge in [0.2, 0.25) is 0 Å². The summed E-state index contributed by atoms with van der Waals surface area (Å²) in [4.78, 5) is 33.7. The summed E-state index contributed by atoms with van der Waals surface area (Å²) in [5, 5.41) is 2.93. The van der Waals surface area contributed by atoms with E-state index in [0.717, 1.165) is 16.4 Å². The van der Waals surface area contributed by atoms with E-state index in [2.05, 4.69) is 34.1 Å². The molecule has 0 bridgehead atoms. The van der Waals surface area contributed by atoms with E-state index in [1.54, 1.807) is 23.7 Å². The summed E-state index contributed by atoms with van der Waals surface area (Å²) >= 11 is 1.59. The molecule has 0 N–H and O–H groups in total. The summed E-state index contributed by atoms with van der Waals surface area (Å²) in [7, 11) is 0. The molecule has 1 saturated heterocycles. The molecule has 33 heavy (non-hydrogen) atoms. The third-order valence-electron chi connectivity index (χ3n) is 6.36. The maximum absolute atomic E-state index is 13.5. The SMILES string of the molecule is O=CCC1CN(C(=O)c2cncc3sccc23)CCN1C(c1ccccc1)c1ccccc1. The number of carbonyl (C=O) groups is 2. The van der Waals surface area contributed by atoms with E-state index < -0.39 is 0 Å². The lowest BCUT2D eigenvalue weighted by atomic mass is 9.93. The summed E-state index contributed by atoms with van der Waals surface area (Å²) < 4.78 is 1.01. The molecule has 6 heteroatoms. The van der Waals surface area contributed by atoms with E-state index >= 15 is 0 Å². The zero-order chi connectivity index (χ0) is 22.6. The van der Waals surface area contributed by atoms with Crippen LogP contribution in [0, 0.1) is 0 Å². The molecule has 1 aliphatic heterocycles. The van der Waals surface area contributed by atoms with Crippen molar-refractivity contribution in [2.75, 3.05) is 19.6 Å². The number of thiophene rings is 1. The molecule has 1 atom stereocenters. The van der Waals surface area contributed by atoms with E-state index in [1.807, 2.05) is 52.7 Å². The topological polar surface area (TPSA) is 53.5 Å². The molecule has 166 valence electrons. The molecule has 1 aliphatic rings. The second-order valence-corrected chi connectivity index (χ2v) is 9.24. The second-order valence-electron chi connectivity index (χ2n) is 8.29. The zero-order valence-corrected chi connectivity index (χ0v) is 19.0. The van der Waals surface area contributed by atoms with Crippen molar-refractivity contribution >= 4 is 33.6 Å². The highest BCUT2D eigenvalue weighted by Gasteiger charge is 2.35. The number of aromatic nitrogens is 1. The van der Waals surface area contributed by atoms with Crippen LogP contribution in [-0.4, -0.2) is 52.7 Å². The Bertz CT molecular complexity index is 1200. The molecule has 0 aliphatic carbocycles. The van der Waals surface area contributed by atoms with Crippen molar-refractivity contribution in [2.24, 2.45) is 0 Å². The quantitative estimate of drug-likeness (QED) is 0.392. The summed E-state index contributed by atoms with van der Waals surface area (Å²) in [5.74, 6) is -0.0157. The molecule has 0 saturated carbocycles. The van der Waals surface area contributed by atoms with Gasteiger partial charge in [-0.1, -0.05) is 60.7 Å². The molecule has 0 spiro atoms. The Morgan fingerprint density at radius 2 is 1.70 bits per heavy atom. The number of piperazine rings is 1. The molecule has 2 aromatic carbocycles. The zero-order valence-electron chi connectivity index (χ0n) is 18.2. The smallest absolute Gasteiger partial charge is 0.256 e. The van der Waals surface area contributed by atoms with Crippen molar-refractivity contribution in [1.82, 2.24) is 14.8 Å². The van der Waals surface area contributed by atoms with E-state index in [0.29, 0.717) is 31.6 Å². The fourth-order valence-electron chi connectivity index (χ4n) is 4.79. The number of rotatable bonds is 6. The van der Waals surface area contributed by atoms with Crippen LogP contribution in [0.1, 0.15) is 33.9 Å². The Morgan fingerprint density at radius 3 is 2.36 bits per heavy atom. The lowest BCUT2D eigenvalue weighted by Crippen LogP contribution is -2.56. The highest BCUT2D eigenvalue weighted by atomic mass is 32.1. The number of fused-ring (bicyclic) bond motifs is 1.